The molecule has 0 fully saturated rings. The Balaban J connectivity index is 2.63. The molecule has 0 atom stereocenters. The number of anilines is 1. The predicted octanol–water partition coefficient (Wildman–Crippen LogP) is 0.933. The van der Waals surface area contributed by atoms with Gasteiger partial charge >= 0.3 is 0 Å². The molecule has 1 aromatic heterocycles. The number of benzene rings is 1. The second-order valence-corrected chi connectivity index (χ2v) is 3.10. The van der Waals surface area contributed by atoms with Gasteiger partial charge in [-0.05, 0) is 0 Å². The topological polar surface area (TPSA) is 82.3 Å². The van der Waals surface area contributed by atoms with Gasteiger partial charge < -0.3 is 14.9 Å². The van der Waals surface area contributed by atoms with Gasteiger partial charge in [0, 0.05) is 12.1 Å². The molecule has 0 aliphatic carbocycles. The van der Waals surface area contributed by atoms with Crippen LogP contribution in [0.5, 0.6) is 11.5 Å². The van der Waals surface area contributed by atoms with Crippen LogP contribution in [0.4, 0.5) is 5.82 Å². The molecule has 1 aromatic carbocycles. The molecular formula is C10H12N4O2. The van der Waals surface area contributed by atoms with Crippen molar-refractivity contribution in [3.05, 3.63) is 18.3 Å². The van der Waals surface area contributed by atoms with E-state index in [0.717, 1.165) is 5.52 Å². The lowest BCUT2D eigenvalue weighted by molar-refractivity contribution is 0.355. The third-order valence-corrected chi connectivity index (χ3v) is 2.20. The maximum Gasteiger partial charge on any atom is 0.163 e. The number of methoxy groups -OCH3 is 2. The maximum absolute atomic E-state index is 5.26. The molecule has 84 valence electrons. The summed E-state index contributed by atoms with van der Waals surface area (Å²) in [5, 5.41) is 0. The molecule has 16 heavy (non-hydrogen) atoms. The molecule has 2 rings (SSSR count). The van der Waals surface area contributed by atoms with E-state index in [9.17, 15) is 0 Å². The quantitative estimate of drug-likeness (QED) is 0.591. The monoisotopic (exact) mass is 220 g/mol. The van der Waals surface area contributed by atoms with E-state index in [1.54, 1.807) is 32.5 Å². The molecule has 0 saturated carbocycles. The van der Waals surface area contributed by atoms with Crippen molar-refractivity contribution < 1.29 is 9.47 Å². The standard InChI is InChI=1S/C10H12N4O2/c1-15-8-3-6-7(4-9(8)16-2)13-10(14-11)5-12-6/h3-5H,11H2,1-2H3,(H,13,14). The van der Waals surface area contributed by atoms with Crippen molar-refractivity contribution in [2.75, 3.05) is 19.6 Å². The SMILES string of the molecule is COc1cc2ncc(NN)nc2cc1OC. The number of hydrazine groups is 1. The highest BCUT2D eigenvalue weighted by atomic mass is 16.5. The highest BCUT2D eigenvalue weighted by molar-refractivity contribution is 5.80. The molecule has 2 aromatic rings. The summed E-state index contributed by atoms with van der Waals surface area (Å²) in [5.74, 6) is 6.99. The first-order valence-corrected chi connectivity index (χ1v) is 4.64. The zero-order chi connectivity index (χ0) is 11.5. The molecule has 1 heterocycles. The van der Waals surface area contributed by atoms with E-state index in [1.807, 2.05) is 0 Å². The van der Waals surface area contributed by atoms with Crippen molar-refractivity contribution in [1.82, 2.24) is 9.97 Å². The van der Waals surface area contributed by atoms with E-state index < -0.39 is 0 Å². The first-order chi connectivity index (χ1) is 7.78. The fourth-order valence-corrected chi connectivity index (χ4v) is 1.41. The molecule has 0 saturated heterocycles. The van der Waals surface area contributed by atoms with Crippen LogP contribution in [0, 0.1) is 0 Å². The van der Waals surface area contributed by atoms with Crippen LogP contribution >= 0.6 is 0 Å². The fraction of sp³-hybridized carbons (Fsp3) is 0.200. The normalized spacial score (nSPS) is 10.2. The first kappa shape index (κ1) is 10.4. The number of ether oxygens (including phenoxy) is 2. The Bertz CT molecular complexity index is 515. The van der Waals surface area contributed by atoms with Crippen molar-refractivity contribution >= 4 is 16.9 Å². The molecule has 3 N–H and O–H groups in total. The van der Waals surface area contributed by atoms with E-state index in [0.29, 0.717) is 22.8 Å². The Kier molecular flexibility index (Phi) is 2.74. The Labute approximate surface area is 92.4 Å². The van der Waals surface area contributed by atoms with Gasteiger partial charge in [0.25, 0.3) is 0 Å². The number of aromatic nitrogens is 2. The summed E-state index contributed by atoms with van der Waals surface area (Å²) in [6.07, 6.45) is 1.55. The average molecular weight is 220 g/mol. The largest absolute Gasteiger partial charge is 0.493 e. The zero-order valence-electron chi connectivity index (χ0n) is 9.02. The summed E-state index contributed by atoms with van der Waals surface area (Å²) in [4.78, 5) is 8.44. The predicted molar refractivity (Wildman–Crippen MR) is 60.5 cm³/mol. The van der Waals surface area contributed by atoms with Crippen molar-refractivity contribution in [3.8, 4) is 11.5 Å². The van der Waals surface area contributed by atoms with Crippen LogP contribution in [-0.4, -0.2) is 24.2 Å². The third kappa shape index (κ3) is 1.70. The van der Waals surface area contributed by atoms with Gasteiger partial charge in [0.1, 0.15) is 0 Å². The van der Waals surface area contributed by atoms with Crippen LogP contribution in [0.3, 0.4) is 0 Å². The number of nitrogen functional groups attached to an aromatic ring is 1. The van der Waals surface area contributed by atoms with Gasteiger partial charge in [-0.3, -0.25) is 4.98 Å². The number of rotatable bonds is 3. The Morgan fingerprint density at radius 2 is 1.75 bits per heavy atom. The minimum Gasteiger partial charge on any atom is -0.493 e. The van der Waals surface area contributed by atoms with Gasteiger partial charge in [-0.1, -0.05) is 0 Å². The Morgan fingerprint density at radius 3 is 2.31 bits per heavy atom. The van der Waals surface area contributed by atoms with Gasteiger partial charge in [-0.25, -0.2) is 10.8 Å². The van der Waals surface area contributed by atoms with Crippen LogP contribution in [0.25, 0.3) is 11.0 Å². The van der Waals surface area contributed by atoms with Crippen LogP contribution < -0.4 is 20.7 Å². The number of fused-ring (bicyclic) bond motifs is 1. The second kappa shape index (κ2) is 4.19. The molecule has 0 bridgehead atoms. The van der Waals surface area contributed by atoms with Crippen molar-refractivity contribution in [1.29, 1.82) is 0 Å². The lowest BCUT2D eigenvalue weighted by Gasteiger charge is -2.08. The van der Waals surface area contributed by atoms with Crippen LogP contribution in [0.1, 0.15) is 0 Å². The van der Waals surface area contributed by atoms with Gasteiger partial charge in [0.2, 0.25) is 0 Å². The van der Waals surface area contributed by atoms with E-state index in [1.165, 1.54) is 0 Å². The number of nitrogens with zero attached hydrogens (tertiary/aromatic N) is 2. The van der Waals surface area contributed by atoms with Crippen molar-refractivity contribution in [2.45, 2.75) is 0 Å². The van der Waals surface area contributed by atoms with Gasteiger partial charge in [0.15, 0.2) is 17.3 Å². The lowest BCUT2D eigenvalue weighted by atomic mass is 10.2. The van der Waals surface area contributed by atoms with E-state index in [2.05, 4.69) is 15.4 Å². The van der Waals surface area contributed by atoms with Gasteiger partial charge in [-0.2, -0.15) is 0 Å². The molecule has 0 spiro atoms. The number of hydrogen-bond acceptors (Lipinski definition) is 6. The van der Waals surface area contributed by atoms with Crippen molar-refractivity contribution in [3.63, 3.8) is 0 Å². The molecule has 0 radical (unpaired) electrons. The highest BCUT2D eigenvalue weighted by Gasteiger charge is 2.07. The second-order valence-electron chi connectivity index (χ2n) is 3.10. The molecule has 6 heteroatoms. The summed E-state index contributed by atoms with van der Waals surface area (Å²) in [5.41, 5.74) is 3.85. The molecule has 0 aliphatic rings. The van der Waals surface area contributed by atoms with Crippen LogP contribution in [-0.2, 0) is 0 Å². The van der Waals surface area contributed by atoms with Crippen LogP contribution in [0.2, 0.25) is 0 Å². The highest BCUT2D eigenvalue weighted by Crippen LogP contribution is 2.30. The number of hydrogen-bond donors (Lipinski definition) is 2. The number of nitrogens with two attached hydrogens (primary N) is 1. The van der Waals surface area contributed by atoms with E-state index in [-0.39, 0.29) is 0 Å². The molecule has 0 amide bonds. The lowest BCUT2D eigenvalue weighted by Crippen LogP contribution is -2.08. The first-order valence-electron chi connectivity index (χ1n) is 4.64. The fourth-order valence-electron chi connectivity index (χ4n) is 1.41. The summed E-state index contributed by atoms with van der Waals surface area (Å²) < 4.78 is 10.3. The molecule has 6 nitrogen and oxygen atoms in total. The average Bonchev–Trinajstić information content (AvgIpc) is 2.36. The summed E-state index contributed by atoms with van der Waals surface area (Å²) in [7, 11) is 3.15. The van der Waals surface area contributed by atoms with Crippen molar-refractivity contribution in [2.24, 2.45) is 5.84 Å². The maximum atomic E-state index is 5.26. The molecular weight excluding hydrogens is 208 g/mol. The van der Waals surface area contributed by atoms with E-state index in [4.69, 9.17) is 15.3 Å². The summed E-state index contributed by atoms with van der Waals surface area (Å²) in [6, 6.07) is 3.52. The van der Waals surface area contributed by atoms with E-state index >= 15 is 0 Å². The summed E-state index contributed by atoms with van der Waals surface area (Å²) in [6.45, 7) is 0. The molecule has 0 aliphatic heterocycles. The van der Waals surface area contributed by atoms with Gasteiger partial charge in [-0.15, -0.1) is 0 Å². The molecule has 0 unspecified atom stereocenters. The minimum atomic E-state index is 0.500. The Hall–Kier alpha value is -2.08. The minimum absolute atomic E-state index is 0.500. The van der Waals surface area contributed by atoms with Gasteiger partial charge in [0.05, 0.1) is 31.4 Å². The Morgan fingerprint density at radius 1 is 1.12 bits per heavy atom. The number of nitrogens with one attached hydrogen (secondary N) is 1. The zero-order valence-corrected chi connectivity index (χ0v) is 9.02. The third-order valence-electron chi connectivity index (χ3n) is 2.20. The summed E-state index contributed by atoms with van der Waals surface area (Å²) >= 11 is 0. The van der Waals surface area contributed by atoms with Crippen LogP contribution in [0.15, 0.2) is 18.3 Å². The smallest absolute Gasteiger partial charge is 0.163 e.